The van der Waals surface area contributed by atoms with Crippen molar-refractivity contribution in [2.45, 2.75) is 39.0 Å². The molecule has 1 saturated heterocycles. The molecule has 0 radical (unpaired) electrons. The molecule has 0 saturated carbocycles. The first kappa shape index (κ1) is 17.8. The van der Waals surface area contributed by atoms with Gasteiger partial charge in [-0.2, -0.15) is 11.8 Å². The summed E-state index contributed by atoms with van der Waals surface area (Å²) in [6, 6.07) is -0.243. The molecule has 0 bridgehead atoms. The first-order valence-electron chi connectivity index (χ1n) is 7.02. The van der Waals surface area contributed by atoms with Crippen molar-refractivity contribution < 1.29 is 19.0 Å². The third-order valence-corrected chi connectivity index (χ3v) is 3.83. The van der Waals surface area contributed by atoms with E-state index in [4.69, 9.17) is 14.2 Å². The van der Waals surface area contributed by atoms with E-state index in [1.807, 2.05) is 6.26 Å². The molecule has 20 heavy (non-hydrogen) atoms. The summed E-state index contributed by atoms with van der Waals surface area (Å²) in [6.07, 6.45) is 3.37. The van der Waals surface area contributed by atoms with E-state index in [-0.39, 0.29) is 23.7 Å². The van der Waals surface area contributed by atoms with Crippen molar-refractivity contribution in [1.29, 1.82) is 0 Å². The summed E-state index contributed by atoms with van der Waals surface area (Å²) < 4.78 is 16.1. The van der Waals surface area contributed by atoms with Crippen LogP contribution in [0.1, 0.15) is 26.7 Å². The Morgan fingerprint density at radius 2 is 2.10 bits per heavy atom. The molecule has 0 spiro atoms. The number of hydrogen-bond acceptors (Lipinski definition) is 6. The maximum absolute atomic E-state index is 11.6. The van der Waals surface area contributed by atoms with Crippen LogP contribution in [0.25, 0.3) is 0 Å². The Bertz CT molecular complexity index is 289. The third-order valence-electron chi connectivity index (χ3n) is 3.19. The Hall–Kier alpha value is -0.300. The molecule has 118 valence electrons. The standard InChI is InChI=1S/C14H27NO4S/c1-14(2)9-18-12(19-10-14)5-7-15-11(6-8-20-4)13(16)17-3/h11-12,15H,5-10H2,1-4H3/t11-/m0/s1. The summed E-state index contributed by atoms with van der Waals surface area (Å²) in [5, 5.41) is 3.23. The monoisotopic (exact) mass is 305 g/mol. The molecule has 5 nitrogen and oxygen atoms in total. The fraction of sp³-hybridized carbons (Fsp3) is 0.929. The molecule has 0 unspecified atom stereocenters. The molecular formula is C14H27NO4S. The van der Waals surface area contributed by atoms with Crippen LogP contribution in [-0.4, -0.2) is 57.2 Å². The van der Waals surface area contributed by atoms with E-state index in [9.17, 15) is 4.79 Å². The summed E-state index contributed by atoms with van der Waals surface area (Å²) in [5.74, 6) is 0.725. The van der Waals surface area contributed by atoms with Gasteiger partial charge in [-0.25, -0.2) is 0 Å². The number of ether oxygens (including phenoxy) is 3. The first-order chi connectivity index (χ1) is 9.48. The van der Waals surface area contributed by atoms with E-state index in [1.54, 1.807) is 11.8 Å². The van der Waals surface area contributed by atoms with E-state index in [0.29, 0.717) is 19.8 Å². The summed E-state index contributed by atoms with van der Waals surface area (Å²) in [4.78, 5) is 11.6. The molecule has 0 aromatic carbocycles. The quantitative estimate of drug-likeness (QED) is 0.688. The van der Waals surface area contributed by atoms with Crippen LogP contribution in [0.5, 0.6) is 0 Å². The second-order valence-electron chi connectivity index (χ2n) is 5.82. The van der Waals surface area contributed by atoms with Gasteiger partial charge in [0.05, 0.1) is 20.3 Å². The molecular weight excluding hydrogens is 278 g/mol. The molecule has 0 aromatic rings. The largest absolute Gasteiger partial charge is 0.468 e. The van der Waals surface area contributed by atoms with Crippen molar-refractivity contribution in [2.75, 3.05) is 38.9 Å². The molecule has 1 aliphatic rings. The van der Waals surface area contributed by atoms with Crippen molar-refractivity contribution in [1.82, 2.24) is 5.32 Å². The minimum Gasteiger partial charge on any atom is -0.468 e. The molecule has 1 heterocycles. The van der Waals surface area contributed by atoms with Gasteiger partial charge >= 0.3 is 5.97 Å². The molecule has 6 heteroatoms. The zero-order valence-corrected chi connectivity index (χ0v) is 13.8. The average molecular weight is 305 g/mol. The zero-order chi connectivity index (χ0) is 15.0. The summed E-state index contributed by atoms with van der Waals surface area (Å²) in [7, 11) is 1.42. The van der Waals surface area contributed by atoms with Crippen LogP contribution >= 0.6 is 11.8 Å². The van der Waals surface area contributed by atoms with Crippen LogP contribution in [0.15, 0.2) is 0 Å². The lowest BCUT2D eigenvalue weighted by Crippen LogP contribution is -2.42. The second-order valence-corrected chi connectivity index (χ2v) is 6.80. The normalized spacial score (nSPS) is 20.6. The van der Waals surface area contributed by atoms with E-state index in [2.05, 4.69) is 19.2 Å². The molecule has 0 amide bonds. The van der Waals surface area contributed by atoms with Gasteiger partial charge in [0.25, 0.3) is 0 Å². The Morgan fingerprint density at radius 3 is 2.65 bits per heavy atom. The fourth-order valence-electron chi connectivity index (χ4n) is 1.95. The molecule has 1 fully saturated rings. The lowest BCUT2D eigenvalue weighted by atomic mass is 9.95. The summed E-state index contributed by atoms with van der Waals surface area (Å²) in [5.41, 5.74) is 0.0941. The van der Waals surface area contributed by atoms with Crippen LogP contribution in [-0.2, 0) is 19.0 Å². The number of methoxy groups -OCH3 is 1. The third kappa shape index (κ3) is 6.43. The lowest BCUT2D eigenvalue weighted by Gasteiger charge is -2.34. The smallest absolute Gasteiger partial charge is 0.322 e. The van der Waals surface area contributed by atoms with Crippen LogP contribution in [0.4, 0.5) is 0 Å². The van der Waals surface area contributed by atoms with Gasteiger partial charge in [-0.15, -0.1) is 0 Å². The number of carbonyl (C=O) groups is 1. The Balaban J connectivity index is 2.24. The second kappa shape index (κ2) is 8.87. The minimum absolute atomic E-state index is 0.0941. The van der Waals surface area contributed by atoms with Crippen LogP contribution in [0, 0.1) is 5.41 Å². The van der Waals surface area contributed by atoms with Gasteiger partial charge < -0.3 is 19.5 Å². The van der Waals surface area contributed by atoms with Gasteiger partial charge in [0, 0.05) is 18.4 Å². The number of rotatable bonds is 8. The van der Waals surface area contributed by atoms with Gasteiger partial charge in [-0.05, 0) is 18.4 Å². The van der Waals surface area contributed by atoms with E-state index in [0.717, 1.165) is 18.6 Å². The molecule has 1 aliphatic heterocycles. The fourth-order valence-corrected chi connectivity index (χ4v) is 2.42. The number of thioether (sulfide) groups is 1. The van der Waals surface area contributed by atoms with Crippen molar-refractivity contribution in [3.05, 3.63) is 0 Å². The number of nitrogens with one attached hydrogen (secondary N) is 1. The Labute approximate surface area is 126 Å². The van der Waals surface area contributed by atoms with Crippen LogP contribution in [0.2, 0.25) is 0 Å². The van der Waals surface area contributed by atoms with Crippen molar-refractivity contribution >= 4 is 17.7 Å². The van der Waals surface area contributed by atoms with Gasteiger partial charge in [-0.3, -0.25) is 4.79 Å². The molecule has 1 N–H and O–H groups in total. The Kier molecular flexibility index (Phi) is 7.87. The number of esters is 1. The van der Waals surface area contributed by atoms with Gasteiger partial charge in [-0.1, -0.05) is 13.8 Å². The predicted molar refractivity (Wildman–Crippen MR) is 80.9 cm³/mol. The predicted octanol–water partition coefficient (Wildman–Crippen LogP) is 1.66. The van der Waals surface area contributed by atoms with Gasteiger partial charge in [0.15, 0.2) is 6.29 Å². The topological polar surface area (TPSA) is 56.8 Å². The lowest BCUT2D eigenvalue weighted by molar-refractivity contribution is -0.223. The van der Waals surface area contributed by atoms with Crippen molar-refractivity contribution in [3.8, 4) is 0 Å². The molecule has 1 rings (SSSR count). The highest BCUT2D eigenvalue weighted by molar-refractivity contribution is 7.98. The summed E-state index contributed by atoms with van der Waals surface area (Å²) in [6.45, 7) is 6.35. The van der Waals surface area contributed by atoms with Gasteiger partial charge in [0.1, 0.15) is 6.04 Å². The van der Waals surface area contributed by atoms with Crippen LogP contribution < -0.4 is 5.32 Å². The van der Waals surface area contributed by atoms with Gasteiger partial charge in [0.2, 0.25) is 0 Å². The highest BCUT2D eigenvalue weighted by Crippen LogP contribution is 2.23. The van der Waals surface area contributed by atoms with E-state index < -0.39 is 0 Å². The highest BCUT2D eigenvalue weighted by atomic mass is 32.2. The van der Waals surface area contributed by atoms with E-state index >= 15 is 0 Å². The minimum atomic E-state index is -0.243. The summed E-state index contributed by atoms with van der Waals surface area (Å²) >= 11 is 1.72. The van der Waals surface area contributed by atoms with Crippen LogP contribution in [0.3, 0.4) is 0 Å². The Morgan fingerprint density at radius 1 is 1.45 bits per heavy atom. The van der Waals surface area contributed by atoms with Crippen molar-refractivity contribution in [2.24, 2.45) is 5.41 Å². The molecule has 0 aliphatic carbocycles. The van der Waals surface area contributed by atoms with Crippen molar-refractivity contribution in [3.63, 3.8) is 0 Å². The maximum atomic E-state index is 11.6. The number of carbonyl (C=O) groups excluding carboxylic acids is 1. The zero-order valence-electron chi connectivity index (χ0n) is 12.9. The molecule has 1 atom stereocenters. The maximum Gasteiger partial charge on any atom is 0.322 e. The number of hydrogen-bond donors (Lipinski definition) is 1. The van der Waals surface area contributed by atoms with E-state index in [1.165, 1.54) is 7.11 Å². The SMILES string of the molecule is COC(=O)[C@H](CCSC)NCCC1OCC(C)(C)CO1. The highest BCUT2D eigenvalue weighted by Gasteiger charge is 2.28. The molecule has 0 aromatic heterocycles. The average Bonchev–Trinajstić information content (AvgIpc) is 2.43. The first-order valence-corrected chi connectivity index (χ1v) is 8.41.